The average Bonchev–Trinajstić information content (AvgIpc) is 2.65. The molecule has 3 nitrogen and oxygen atoms in total. The van der Waals surface area contributed by atoms with Crippen molar-refractivity contribution in [3.8, 4) is 0 Å². The molecule has 0 aliphatic heterocycles. The first kappa shape index (κ1) is 16.7. The van der Waals surface area contributed by atoms with Crippen molar-refractivity contribution in [2.45, 2.75) is 13.0 Å². The first-order chi connectivity index (χ1) is 12.2. The van der Waals surface area contributed by atoms with Gasteiger partial charge in [0.05, 0.1) is 18.7 Å². The van der Waals surface area contributed by atoms with Crippen molar-refractivity contribution in [1.29, 1.82) is 0 Å². The third kappa shape index (κ3) is 4.67. The molecular formula is C21H19FN2O. The number of para-hydroxylation sites is 1. The molecule has 0 unspecified atom stereocenters. The normalized spacial score (nSPS) is 10.3. The highest BCUT2D eigenvalue weighted by Gasteiger charge is 2.13. The number of carbonyl (C=O) groups excluding carboxylic acids is 1. The van der Waals surface area contributed by atoms with Gasteiger partial charge in [-0.15, -0.1) is 0 Å². The molecule has 0 heterocycles. The summed E-state index contributed by atoms with van der Waals surface area (Å²) in [6.07, 6.45) is -0.00913. The molecule has 0 fully saturated rings. The summed E-state index contributed by atoms with van der Waals surface area (Å²) in [4.78, 5) is 12.4. The predicted octanol–water partition coefficient (Wildman–Crippen LogP) is 4.11. The Morgan fingerprint density at radius 2 is 1.44 bits per heavy atom. The number of benzene rings is 3. The molecule has 0 aliphatic rings. The predicted molar refractivity (Wildman–Crippen MR) is 97.3 cm³/mol. The van der Waals surface area contributed by atoms with Gasteiger partial charge in [0.2, 0.25) is 5.91 Å². The monoisotopic (exact) mass is 334 g/mol. The Kier molecular flexibility index (Phi) is 5.42. The maximum atomic E-state index is 13.8. The molecule has 0 saturated heterocycles. The molecule has 4 heteroatoms. The van der Waals surface area contributed by atoms with E-state index in [9.17, 15) is 9.18 Å². The SMILES string of the molecule is O=C(Cc1ccccc1F)NN(Cc1ccccc1)c1ccccc1. The van der Waals surface area contributed by atoms with Crippen molar-refractivity contribution in [3.63, 3.8) is 0 Å². The molecule has 0 radical (unpaired) electrons. The summed E-state index contributed by atoms with van der Waals surface area (Å²) in [5.74, 6) is -0.628. The Hall–Kier alpha value is -3.14. The van der Waals surface area contributed by atoms with Gasteiger partial charge in [-0.25, -0.2) is 4.39 Å². The van der Waals surface area contributed by atoms with E-state index in [1.165, 1.54) is 6.07 Å². The zero-order valence-corrected chi connectivity index (χ0v) is 13.7. The Balaban J connectivity index is 1.75. The van der Waals surface area contributed by atoms with Crippen LogP contribution >= 0.6 is 0 Å². The minimum absolute atomic E-state index is 0.00913. The standard InChI is InChI=1S/C21H19FN2O/c22-20-14-8-7-11-18(20)15-21(25)23-24(19-12-5-2-6-13-19)16-17-9-3-1-4-10-17/h1-14H,15-16H2,(H,23,25). The number of hydrogen-bond acceptors (Lipinski definition) is 2. The van der Waals surface area contributed by atoms with Crippen LogP contribution in [0.2, 0.25) is 0 Å². The van der Waals surface area contributed by atoms with Crippen molar-refractivity contribution < 1.29 is 9.18 Å². The van der Waals surface area contributed by atoms with Crippen LogP contribution in [0, 0.1) is 5.82 Å². The number of nitrogens with zero attached hydrogens (tertiary/aromatic N) is 1. The smallest absolute Gasteiger partial charge is 0.243 e. The quantitative estimate of drug-likeness (QED) is 0.688. The van der Waals surface area contributed by atoms with Crippen LogP contribution in [0.3, 0.4) is 0 Å². The molecule has 1 N–H and O–H groups in total. The molecule has 0 saturated carbocycles. The summed E-state index contributed by atoms with van der Waals surface area (Å²) in [6.45, 7) is 0.522. The second kappa shape index (κ2) is 8.11. The van der Waals surface area contributed by atoms with Crippen LogP contribution in [-0.2, 0) is 17.8 Å². The van der Waals surface area contributed by atoms with E-state index >= 15 is 0 Å². The molecule has 25 heavy (non-hydrogen) atoms. The third-order valence-corrected chi connectivity index (χ3v) is 3.82. The summed E-state index contributed by atoms with van der Waals surface area (Å²) in [5.41, 5.74) is 5.20. The highest BCUT2D eigenvalue weighted by molar-refractivity contribution is 5.80. The number of anilines is 1. The Bertz CT molecular complexity index is 822. The molecule has 0 spiro atoms. The van der Waals surface area contributed by atoms with Crippen molar-refractivity contribution in [2.75, 3.05) is 5.01 Å². The molecule has 0 atom stereocenters. The van der Waals surface area contributed by atoms with Crippen LogP contribution in [-0.4, -0.2) is 5.91 Å². The minimum atomic E-state index is -0.369. The fourth-order valence-electron chi connectivity index (χ4n) is 2.57. The van der Waals surface area contributed by atoms with Gasteiger partial charge >= 0.3 is 0 Å². The molecule has 0 aliphatic carbocycles. The number of carbonyl (C=O) groups is 1. The van der Waals surface area contributed by atoms with E-state index < -0.39 is 0 Å². The Morgan fingerprint density at radius 1 is 0.840 bits per heavy atom. The summed E-state index contributed by atoms with van der Waals surface area (Å²) in [5, 5.41) is 1.78. The average molecular weight is 334 g/mol. The van der Waals surface area contributed by atoms with Crippen LogP contribution in [0.15, 0.2) is 84.9 Å². The zero-order chi connectivity index (χ0) is 17.5. The molecule has 3 rings (SSSR count). The molecule has 0 bridgehead atoms. The molecular weight excluding hydrogens is 315 g/mol. The van der Waals surface area contributed by atoms with Crippen LogP contribution in [0.4, 0.5) is 10.1 Å². The maximum Gasteiger partial charge on any atom is 0.243 e. The van der Waals surface area contributed by atoms with Crippen LogP contribution in [0.5, 0.6) is 0 Å². The van der Waals surface area contributed by atoms with Crippen LogP contribution in [0.25, 0.3) is 0 Å². The summed E-state index contributed by atoms with van der Waals surface area (Å²) < 4.78 is 13.8. The van der Waals surface area contributed by atoms with Gasteiger partial charge in [-0.2, -0.15) is 0 Å². The van der Waals surface area contributed by atoms with E-state index in [1.807, 2.05) is 60.7 Å². The maximum absolute atomic E-state index is 13.8. The van der Waals surface area contributed by atoms with E-state index in [2.05, 4.69) is 5.43 Å². The molecule has 0 aromatic heterocycles. The summed E-state index contributed by atoms with van der Waals surface area (Å²) in [6, 6.07) is 25.8. The van der Waals surface area contributed by atoms with Gasteiger partial charge in [0.25, 0.3) is 0 Å². The lowest BCUT2D eigenvalue weighted by Crippen LogP contribution is -2.42. The number of rotatable bonds is 6. The van der Waals surface area contributed by atoms with Gasteiger partial charge < -0.3 is 0 Å². The fourth-order valence-corrected chi connectivity index (χ4v) is 2.57. The van der Waals surface area contributed by atoms with E-state index in [0.29, 0.717) is 12.1 Å². The number of hydrogen-bond donors (Lipinski definition) is 1. The van der Waals surface area contributed by atoms with Gasteiger partial charge in [-0.1, -0.05) is 66.7 Å². The van der Waals surface area contributed by atoms with Gasteiger partial charge in [-0.3, -0.25) is 15.2 Å². The van der Waals surface area contributed by atoms with E-state index in [-0.39, 0.29) is 18.1 Å². The largest absolute Gasteiger partial charge is 0.281 e. The summed E-state index contributed by atoms with van der Waals surface area (Å²) in [7, 11) is 0. The second-order valence-corrected chi connectivity index (χ2v) is 5.71. The summed E-state index contributed by atoms with van der Waals surface area (Å²) >= 11 is 0. The Labute approximate surface area is 146 Å². The molecule has 3 aromatic carbocycles. The number of hydrazine groups is 1. The Morgan fingerprint density at radius 3 is 2.12 bits per heavy atom. The lowest BCUT2D eigenvalue weighted by molar-refractivity contribution is -0.120. The number of nitrogens with one attached hydrogen (secondary N) is 1. The minimum Gasteiger partial charge on any atom is -0.281 e. The third-order valence-electron chi connectivity index (χ3n) is 3.82. The molecule has 1 amide bonds. The van der Waals surface area contributed by atoms with Crippen LogP contribution < -0.4 is 10.4 Å². The first-order valence-electron chi connectivity index (χ1n) is 8.12. The lowest BCUT2D eigenvalue weighted by atomic mass is 10.1. The van der Waals surface area contributed by atoms with Crippen LogP contribution in [0.1, 0.15) is 11.1 Å². The number of halogens is 1. The van der Waals surface area contributed by atoms with E-state index in [4.69, 9.17) is 0 Å². The van der Waals surface area contributed by atoms with Gasteiger partial charge in [0.15, 0.2) is 0 Å². The second-order valence-electron chi connectivity index (χ2n) is 5.71. The van der Waals surface area contributed by atoms with Crippen molar-refractivity contribution >= 4 is 11.6 Å². The highest BCUT2D eigenvalue weighted by atomic mass is 19.1. The van der Waals surface area contributed by atoms with Crippen molar-refractivity contribution in [1.82, 2.24) is 5.43 Å². The first-order valence-corrected chi connectivity index (χ1v) is 8.12. The van der Waals surface area contributed by atoms with Gasteiger partial charge in [0.1, 0.15) is 5.82 Å². The molecule has 3 aromatic rings. The zero-order valence-electron chi connectivity index (χ0n) is 13.7. The fraction of sp³-hybridized carbons (Fsp3) is 0.0952. The van der Waals surface area contributed by atoms with E-state index in [0.717, 1.165) is 11.3 Å². The lowest BCUT2D eigenvalue weighted by Gasteiger charge is -2.25. The van der Waals surface area contributed by atoms with Gasteiger partial charge in [-0.05, 0) is 29.3 Å². The molecule has 126 valence electrons. The number of amides is 1. The topological polar surface area (TPSA) is 32.3 Å². The van der Waals surface area contributed by atoms with Crippen molar-refractivity contribution in [2.24, 2.45) is 0 Å². The highest BCUT2D eigenvalue weighted by Crippen LogP contribution is 2.15. The van der Waals surface area contributed by atoms with E-state index in [1.54, 1.807) is 23.2 Å². The van der Waals surface area contributed by atoms with Crippen molar-refractivity contribution in [3.05, 3.63) is 102 Å². The van der Waals surface area contributed by atoms with Gasteiger partial charge in [0, 0.05) is 0 Å².